The lowest BCUT2D eigenvalue weighted by atomic mass is 9.98. The van der Waals surface area contributed by atoms with Gasteiger partial charge in [0, 0.05) is 24.8 Å². The number of aryl methyl sites for hydroxylation is 1. The number of carbonyl (C=O) groups excluding carboxylic acids is 1. The summed E-state index contributed by atoms with van der Waals surface area (Å²) in [6.07, 6.45) is 2.75. The number of fused-ring (bicyclic) bond motifs is 1. The van der Waals surface area contributed by atoms with E-state index in [4.69, 9.17) is 0 Å². The second-order valence-electron chi connectivity index (χ2n) is 5.17. The minimum atomic E-state index is 0.0683. The molecule has 1 N–H and O–H groups in total. The largest absolute Gasteiger partial charge is 0.507 e. The van der Waals surface area contributed by atoms with E-state index in [0.29, 0.717) is 11.8 Å². The van der Waals surface area contributed by atoms with Crippen molar-refractivity contribution < 1.29 is 9.90 Å². The van der Waals surface area contributed by atoms with E-state index in [2.05, 4.69) is 17.0 Å². The van der Waals surface area contributed by atoms with Crippen LogP contribution >= 0.6 is 0 Å². The summed E-state index contributed by atoms with van der Waals surface area (Å²) in [5, 5.41) is 9.89. The first-order chi connectivity index (χ1) is 9.78. The molecule has 2 aromatic carbocycles. The highest BCUT2D eigenvalue weighted by atomic mass is 16.3. The number of carbonyl (C=O) groups is 1. The highest BCUT2D eigenvalue weighted by Gasteiger charge is 2.19. The molecule has 3 heteroatoms. The molecule has 0 radical (unpaired) electrons. The Kier molecular flexibility index (Phi) is 3.42. The maximum Gasteiger partial charge on any atom is 0.153 e. The molecule has 0 saturated carbocycles. The molecule has 0 atom stereocenters. The molecule has 0 unspecified atom stereocenters. The van der Waals surface area contributed by atoms with Crippen molar-refractivity contribution in [3.63, 3.8) is 0 Å². The summed E-state index contributed by atoms with van der Waals surface area (Å²) in [7, 11) is 0. The van der Waals surface area contributed by atoms with Gasteiger partial charge < -0.3 is 10.0 Å². The highest BCUT2D eigenvalue weighted by molar-refractivity contribution is 5.82. The zero-order chi connectivity index (χ0) is 13.9. The van der Waals surface area contributed by atoms with Gasteiger partial charge in [-0.2, -0.15) is 0 Å². The zero-order valence-corrected chi connectivity index (χ0v) is 11.2. The Balaban J connectivity index is 1.93. The Morgan fingerprint density at radius 1 is 1.20 bits per heavy atom. The quantitative estimate of drug-likeness (QED) is 0.868. The van der Waals surface area contributed by atoms with Crippen LogP contribution in [0.15, 0.2) is 42.5 Å². The Labute approximate surface area is 118 Å². The van der Waals surface area contributed by atoms with Crippen LogP contribution in [0.25, 0.3) is 0 Å². The fourth-order valence-electron chi connectivity index (χ4n) is 2.78. The Bertz CT molecular complexity index is 622. The average Bonchev–Trinajstić information content (AvgIpc) is 2.48. The van der Waals surface area contributed by atoms with Crippen molar-refractivity contribution in [1.29, 1.82) is 0 Å². The summed E-state index contributed by atoms with van der Waals surface area (Å²) in [6.45, 7) is 1.80. The summed E-state index contributed by atoms with van der Waals surface area (Å²) >= 11 is 0. The number of aromatic hydroxyl groups is 1. The van der Waals surface area contributed by atoms with Crippen molar-refractivity contribution in [2.75, 3.05) is 11.4 Å². The minimum Gasteiger partial charge on any atom is -0.507 e. The Morgan fingerprint density at radius 2 is 2.00 bits per heavy atom. The highest BCUT2D eigenvalue weighted by Crippen LogP contribution is 2.33. The van der Waals surface area contributed by atoms with Crippen LogP contribution in [0, 0.1) is 0 Å². The molecule has 1 aliphatic heterocycles. The van der Waals surface area contributed by atoms with Crippen molar-refractivity contribution in [1.82, 2.24) is 0 Å². The molecule has 0 fully saturated rings. The van der Waals surface area contributed by atoms with Crippen molar-refractivity contribution in [3.8, 4) is 5.75 Å². The SMILES string of the molecule is O=Cc1cc2c(cc1O)N(Cc1ccccc1)CCC2. The van der Waals surface area contributed by atoms with Crippen molar-refractivity contribution in [3.05, 3.63) is 59.2 Å². The minimum absolute atomic E-state index is 0.0683. The predicted octanol–water partition coefficient (Wildman–Crippen LogP) is 3.16. The molecule has 3 nitrogen and oxygen atoms in total. The van der Waals surface area contributed by atoms with Crippen LogP contribution in [0.3, 0.4) is 0 Å². The number of rotatable bonds is 3. The van der Waals surface area contributed by atoms with E-state index in [9.17, 15) is 9.90 Å². The first-order valence-electron chi connectivity index (χ1n) is 6.88. The van der Waals surface area contributed by atoms with Crippen LogP contribution in [0.1, 0.15) is 27.9 Å². The number of phenols is 1. The lowest BCUT2D eigenvalue weighted by Gasteiger charge is -2.31. The summed E-state index contributed by atoms with van der Waals surface area (Å²) in [4.78, 5) is 13.2. The lowest BCUT2D eigenvalue weighted by molar-refractivity contribution is 0.112. The van der Waals surface area contributed by atoms with E-state index in [1.165, 1.54) is 5.56 Å². The van der Waals surface area contributed by atoms with E-state index in [1.807, 2.05) is 24.3 Å². The molecule has 0 spiro atoms. The molecular formula is C17H17NO2. The zero-order valence-electron chi connectivity index (χ0n) is 11.2. The summed E-state index contributed by atoms with van der Waals surface area (Å²) in [5.41, 5.74) is 3.82. The van der Waals surface area contributed by atoms with Crippen LogP contribution in [0.5, 0.6) is 5.75 Å². The number of phenolic OH excluding ortho intramolecular Hbond substituents is 1. The van der Waals surface area contributed by atoms with Gasteiger partial charge in [0.15, 0.2) is 6.29 Å². The summed E-state index contributed by atoms with van der Waals surface area (Å²) in [5.74, 6) is 0.0683. The number of benzene rings is 2. The fraction of sp³-hybridized carbons (Fsp3) is 0.235. The van der Waals surface area contributed by atoms with Crippen LogP contribution < -0.4 is 4.90 Å². The van der Waals surface area contributed by atoms with Crippen molar-refractivity contribution in [2.24, 2.45) is 0 Å². The van der Waals surface area contributed by atoms with Gasteiger partial charge in [0.25, 0.3) is 0 Å². The topological polar surface area (TPSA) is 40.5 Å². The third kappa shape index (κ3) is 2.39. The van der Waals surface area contributed by atoms with Gasteiger partial charge in [0.1, 0.15) is 5.75 Å². The Hall–Kier alpha value is -2.29. The van der Waals surface area contributed by atoms with Gasteiger partial charge in [-0.1, -0.05) is 30.3 Å². The molecule has 0 aromatic heterocycles. The number of nitrogens with zero attached hydrogens (tertiary/aromatic N) is 1. The van der Waals surface area contributed by atoms with E-state index < -0.39 is 0 Å². The van der Waals surface area contributed by atoms with Gasteiger partial charge >= 0.3 is 0 Å². The van der Waals surface area contributed by atoms with Gasteiger partial charge in [-0.25, -0.2) is 0 Å². The molecule has 2 aromatic rings. The smallest absolute Gasteiger partial charge is 0.153 e. The van der Waals surface area contributed by atoms with Crippen LogP contribution in [0.2, 0.25) is 0 Å². The second-order valence-corrected chi connectivity index (χ2v) is 5.17. The van der Waals surface area contributed by atoms with E-state index >= 15 is 0 Å². The molecule has 0 saturated heterocycles. The Morgan fingerprint density at radius 3 is 2.75 bits per heavy atom. The third-order valence-corrected chi connectivity index (χ3v) is 3.79. The first-order valence-corrected chi connectivity index (χ1v) is 6.88. The monoisotopic (exact) mass is 267 g/mol. The van der Waals surface area contributed by atoms with Gasteiger partial charge in [0.05, 0.1) is 5.56 Å². The van der Waals surface area contributed by atoms with Crippen molar-refractivity contribution >= 4 is 12.0 Å². The molecule has 3 rings (SSSR count). The molecule has 1 aliphatic rings. The van der Waals surface area contributed by atoms with Gasteiger partial charge in [-0.15, -0.1) is 0 Å². The molecule has 20 heavy (non-hydrogen) atoms. The van der Waals surface area contributed by atoms with E-state index in [-0.39, 0.29) is 5.75 Å². The van der Waals surface area contributed by atoms with Gasteiger partial charge in [-0.05, 0) is 30.0 Å². The average molecular weight is 267 g/mol. The van der Waals surface area contributed by atoms with E-state index in [0.717, 1.165) is 37.2 Å². The number of hydrogen-bond donors (Lipinski definition) is 1. The summed E-state index contributed by atoms with van der Waals surface area (Å²) < 4.78 is 0. The van der Waals surface area contributed by atoms with Crippen molar-refractivity contribution in [2.45, 2.75) is 19.4 Å². The van der Waals surface area contributed by atoms with Crippen LogP contribution in [0.4, 0.5) is 5.69 Å². The molecule has 0 amide bonds. The molecule has 0 aliphatic carbocycles. The number of hydrogen-bond acceptors (Lipinski definition) is 3. The van der Waals surface area contributed by atoms with E-state index in [1.54, 1.807) is 6.07 Å². The molecule has 102 valence electrons. The normalized spacial score (nSPS) is 13.9. The lowest BCUT2D eigenvalue weighted by Crippen LogP contribution is -2.28. The van der Waals surface area contributed by atoms with Crippen LogP contribution in [-0.4, -0.2) is 17.9 Å². The molecule has 0 bridgehead atoms. The maximum atomic E-state index is 10.9. The van der Waals surface area contributed by atoms with Gasteiger partial charge in [0.2, 0.25) is 0 Å². The number of anilines is 1. The predicted molar refractivity (Wildman–Crippen MR) is 79.3 cm³/mol. The standard InChI is InChI=1S/C17H17NO2/c19-12-15-9-14-7-4-8-18(16(14)10-17(15)20)11-13-5-2-1-3-6-13/h1-3,5-6,9-10,12,20H,4,7-8,11H2. The fourth-order valence-corrected chi connectivity index (χ4v) is 2.78. The number of aldehydes is 1. The second kappa shape index (κ2) is 5.37. The molecule has 1 heterocycles. The maximum absolute atomic E-state index is 10.9. The molecular weight excluding hydrogens is 250 g/mol. The third-order valence-electron chi connectivity index (χ3n) is 3.79. The first kappa shape index (κ1) is 12.7. The summed E-state index contributed by atoms with van der Waals surface area (Å²) in [6, 6.07) is 13.8. The van der Waals surface area contributed by atoms with Gasteiger partial charge in [-0.3, -0.25) is 4.79 Å². The van der Waals surface area contributed by atoms with Crippen LogP contribution in [-0.2, 0) is 13.0 Å².